The van der Waals surface area contributed by atoms with Crippen molar-refractivity contribution in [3.8, 4) is 0 Å². The number of hydrogen-bond donors (Lipinski definition) is 1. The minimum absolute atomic E-state index is 0. The molecule has 0 aliphatic heterocycles. The predicted molar refractivity (Wildman–Crippen MR) is 152 cm³/mol. The molecule has 1 N–H and O–H groups in total. The average Bonchev–Trinajstić information content (AvgIpc) is 2.86. The van der Waals surface area contributed by atoms with E-state index in [1.165, 1.54) is 0 Å². The third kappa shape index (κ3) is 6.50. The number of anilines is 2. The monoisotopic (exact) mass is 551 g/mol. The number of nitrogens with zero attached hydrogens (tertiary/aromatic N) is 2. The van der Waals surface area contributed by atoms with Gasteiger partial charge in [-0.2, -0.15) is 0 Å². The number of fused-ring (bicyclic) bond motifs is 2. The van der Waals surface area contributed by atoms with Gasteiger partial charge in [0.15, 0.2) is 9.84 Å². The van der Waals surface area contributed by atoms with E-state index in [2.05, 4.69) is 5.32 Å². The summed E-state index contributed by atoms with van der Waals surface area (Å²) in [5.41, 5.74) is 3.72. The van der Waals surface area contributed by atoms with Crippen LogP contribution in [0, 0.1) is 0 Å². The standard InChI is InChI=1S/C26H27Cl2N3O2S.ClH/c27-14-17-31(18-15-28)20-10-12-21(13-11-20)34(32,33)19-5-16-29-26-22-6-1-3-8-24(22)30-25-9-4-2-7-23(25)26;/h1-4,6-13H,5,14-19H2,(H,29,30);1H. The lowest BCUT2D eigenvalue weighted by Gasteiger charge is -2.23. The maximum atomic E-state index is 12.9. The first-order valence-electron chi connectivity index (χ1n) is 11.2. The van der Waals surface area contributed by atoms with Crippen LogP contribution in [0.2, 0.25) is 0 Å². The molecule has 3 aromatic carbocycles. The number of hydrogen-bond acceptors (Lipinski definition) is 5. The van der Waals surface area contributed by atoms with E-state index in [9.17, 15) is 8.42 Å². The Kier molecular flexibility index (Phi) is 9.87. The Morgan fingerprint density at radius 3 is 1.89 bits per heavy atom. The Morgan fingerprint density at radius 2 is 1.34 bits per heavy atom. The summed E-state index contributed by atoms with van der Waals surface area (Å²) in [4.78, 5) is 7.11. The highest BCUT2D eigenvalue weighted by molar-refractivity contribution is 7.91. The first-order chi connectivity index (χ1) is 16.5. The van der Waals surface area contributed by atoms with Gasteiger partial charge in [0.1, 0.15) is 0 Å². The Labute approximate surface area is 222 Å². The third-order valence-electron chi connectivity index (χ3n) is 5.75. The summed E-state index contributed by atoms with van der Waals surface area (Å²) >= 11 is 11.8. The molecule has 35 heavy (non-hydrogen) atoms. The molecule has 0 bridgehead atoms. The molecule has 1 heterocycles. The molecular formula is C26H28Cl3N3O2S. The topological polar surface area (TPSA) is 62.3 Å². The number of halogens is 3. The minimum atomic E-state index is -3.39. The van der Waals surface area contributed by atoms with Crippen LogP contribution in [0.15, 0.2) is 77.7 Å². The van der Waals surface area contributed by atoms with Crippen molar-refractivity contribution in [3.63, 3.8) is 0 Å². The SMILES string of the molecule is Cl.O=S(=O)(CCCNc1c2ccccc2nc2ccccc12)c1ccc(N(CCCl)CCCl)cc1. The van der Waals surface area contributed by atoms with Gasteiger partial charge in [0.2, 0.25) is 0 Å². The molecule has 4 rings (SSSR count). The van der Waals surface area contributed by atoms with Gasteiger partial charge in [-0.1, -0.05) is 36.4 Å². The summed E-state index contributed by atoms with van der Waals surface area (Å²) in [6.07, 6.45) is 0.486. The molecule has 0 spiro atoms. The molecule has 9 heteroatoms. The van der Waals surface area contributed by atoms with Crippen LogP contribution >= 0.6 is 35.6 Å². The smallest absolute Gasteiger partial charge is 0.178 e. The first kappa shape index (κ1) is 27.3. The number of nitrogens with one attached hydrogen (secondary N) is 1. The number of aromatic nitrogens is 1. The largest absolute Gasteiger partial charge is 0.384 e. The Bertz CT molecular complexity index is 1310. The quantitative estimate of drug-likeness (QED) is 0.133. The van der Waals surface area contributed by atoms with Gasteiger partial charge in [-0.25, -0.2) is 13.4 Å². The molecule has 5 nitrogen and oxygen atoms in total. The maximum Gasteiger partial charge on any atom is 0.178 e. The first-order valence-corrected chi connectivity index (χ1v) is 14.0. The minimum Gasteiger partial charge on any atom is -0.384 e. The van der Waals surface area contributed by atoms with Crippen molar-refractivity contribution in [2.24, 2.45) is 0 Å². The lowest BCUT2D eigenvalue weighted by molar-refractivity contribution is 0.594. The van der Waals surface area contributed by atoms with Crippen LogP contribution in [-0.4, -0.2) is 50.5 Å². The molecule has 0 fully saturated rings. The van der Waals surface area contributed by atoms with Crippen molar-refractivity contribution in [1.29, 1.82) is 0 Å². The summed E-state index contributed by atoms with van der Waals surface area (Å²) in [5.74, 6) is 1.02. The van der Waals surface area contributed by atoms with Crippen molar-refractivity contribution >= 4 is 78.6 Å². The van der Waals surface area contributed by atoms with Gasteiger partial charge in [0.25, 0.3) is 0 Å². The van der Waals surface area contributed by atoms with Crippen molar-refractivity contribution in [2.45, 2.75) is 11.3 Å². The fraction of sp³-hybridized carbons (Fsp3) is 0.269. The summed E-state index contributed by atoms with van der Waals surface area (Å²) in [7, 11) is -3.39. The van der Waals surface area contributed by atoms with Crippen LogP contribution in [0.25, 0.3) is 21.8 Å². The zero-order valence-electron chi connectivity index (χ0n) is 19.2. The molecule has 0 aliphatic rings. The van der Waals surface area contributed by atoms with Crippen LogP contribution < -0.4 is 10.2 Å². The van der Waals surface area contributed by atoms with Crippen LogP contribution in [0.4, 0.5) is 11.4 Å². The normalized spacial score (nSPS) is 11.4. The van der Waals surface area contributed by atoms with Gasteiger partial charge < -0.3 is 10.2 Å². The van der Waals surface area contributed by atoms with Crippen LogP contribution in [0.5, 0.6) is 0 Å². The van der Waals surface area contributed by atoms with Crippen molar-refractivity contribution in [2.75, 3.05) is 47.4 Å². The zero-order chi connectivity index (χ0) is 24.0. The summed E-state index contributed by atoms with van der Waals surface area (Å²) in [6, 6.07) is 22.9. The molecule has 0 amide bonds. The number of para-hydroxylation sites is 2. The molecule has 0 aliphatic carbocycles. The Hall–Kier alpha value is -2.25. The number of rotatable bonds is 11. The molecule has 0 saturated carbocycles. The van der Waals surface area contributed by atoms with E-state index in [0.29, 0.717) is 42.7 Å². The van der Waals surface area contributed by atoms with Gasteiger partial charge in [0, 0.05) is 47.9 Å². The molecule has 0 saturated heterocycles. The predicted octanol–water partition coefficient (Wildman–Crippen LogP) is 6.37. The number of alkyl halides is 2. The van der Waals surface area contributed by atoms with Crippen LogP contribution in [-0.2, 0) is 9.84 Å². The van der Waals surface area contributed by atoms with E-state index in [0.717, 1.165) is 33.2 Å². The van der Waals surface area contributed by atoms with Gasteiger partial charge in [-0.3, -0.25) is 0 Å². The third-order valence-corrected chi connectivity index (χ3v) is 7.90. The molecule has 0 atom stereocenters. The highest BCUT2D eigenvalue weighted by Gasteiger charge is 2.16. The average molecular weight is 553 g/mol. The van der Waals surface area contributed by atoms with E-state index in [-0.39, 0.29) is 18.2 Å². The fourth-order valence-electron chi connectivity index (χ4n) is 4.06. The van der Waals surface area contributed by atoms with Crippen molar-refractivity contribution < 1.29 is 8.42 Å². The van der Waals surface area contributed by atoms with Gasteiger partial charge in [-0.05, 0) is 42.8 Å². The number of sulfone groups is 1. The molecule has 1 aromatic heterocycles. The van der Waals surface area contributed by atoms with Crippen molar-refractivity contribution in [3.05, 3.63) is 72.8 Å². The summed E-state index contributed by atoms with van der Waals surface area (Å²) in [6.45, 7) is 1.85. The number of benzene rings is 3. The molecule has 0 unspecified atom stereocenters. The second-order valence-corrected chi connectivity index (χ2v) is 10.8. The van der Waals surface area contributed by atoms with Gasteiger partial charge >= 0.3 is 0 Å². The van der Waals surface area contributed by atoms with E-state index < -0.39 is 9.84 Å². The molecule has 0 radical (unpaired) electrons. The highest BCUT2D eigenvalue weighted by Crippen LogP contribution is 2.30. The van der Waals surface area contributed by atoms with Crippen LogP contribution in [0.1, 0.15) is 6.42 Å². The van der Waals surface area contributed by atoms with Crippen molar-refractivity contribution in [1.82, 2.24) is 4.98 Å². The fourth-order valence-corrected chi connectivity index (χ4v) is 5.78. The number of pyridine rings is 1. The lowest BCUT2D eigenvalue weighted by Crippen LogP contribution is -2.27. The van der Waals surface area contributed by atoms with E-state index in [1.807, 2.05) is 65.6 Å². The Morgan fingerprint density at radius 1 is 0.800 bits per heavy atom. The molecule has 4 aromatic rings. The zero-order valence-corrected chi connectivity index (χ0v) is 22.3. The maximum absolute atomic E-state index is 12.9. The van der Waals surface area contributed by atoms with E-state index >= 15 is 0 Å². The Balaban J connectivity index is 0.00000342. The summed E-state index contributed by atoms with van der Waals surface area (Å²) in [5, 5.41) is 5.52. The van der Waals surface area contributed by atoms with Gasteiger partial charge in [0.05, 0.1) is 27.4 Å². The second kappa shape index (κ2) is 12.6. The van der Waals surface area contributed by atoms with Gasteiger partial charge in [-0.15, -0.1) is 35.6 Å². The highest BCUT2D eigenvalue weighted by atomic mass is 35.5. The molecular weight excluding hydrogens is 525 g/mol. The van der Waals surface area contributed by atoms with Crippen LogP contribution in [0.3, 0.4) is 0 Å². The van der Waals surface area contributed by atoms with E-state index in [1.54, 1.807) is 12.1 Å². The lowest BCUT2D eigenvalue weighted by atomic mass is 10.1. The summed E-state index contributed by atoms with van der Waals surface area (Å²) < 4.78 is 25.8. The second-order valence-electron chi connectivity index (χ2n) is 7.98. The molecule has 186 valence electrons. The van der Waals surface area contributed by atoms with E-state index in [4.69, 9.17) is 28.2 Å².